The number of nitrogens with one attached hydrogen (secondary N) is 2. The largest absolute Gasteiger partial charge is 0.444 e. The van der Waals surface area contributed by atoms with Crippen LogP contribution in [0.5, 0.6) is 0 Å². The molecule has 0 saturated heterocycles. The summed E-state index contributed by atoms with van der Waals surface area (Å²) < 4.78 is 5.21. The quantitative estimate of drug-likeness (QED) is 0.803. The number of ether oxygens (including phenoxy) is 1. The second-order valence-corrected chi connectivity index (χ2v) is 6.95. The standard InChI is InChI=1S/C16H24Cl2N2O2/c1-5-13(10-20-15(21)22-16(2,3)4)19-9-11-8-12(17)6-7-14(11)18/h6-8,13,19H,5,9-10H2,1-4H3,(H,20,21). The van der Waals surface area contributed by atoms with Crippen molar-refractivity contribution in [2.24, 2.45) is 0 Å². The number of benzene rings is 1. The van der Waals surface area contributed by atoms with Crippen LogP contribution in [-0.4, -0.2) is 24.3 Å². The summed E-state index contributed by atoms with van der Waals surface area (Å²) in [5, 5.41) is 7.46. The Morgan fingerprint density at radius 3 is 2.59 bits per heavy atom. The Labute approximate surface area is 142 Å². The molecule has 0 saturated carbocycles. The van der Waals surface area contributed by atoms with Crippen LogP contribution >= 0.6 is 23.2 Å². The van der Waals surface area contributed by atoms with E-state index in [2.05, 4.69) is 10.6 Å². The van der Waals surface area contributed by atoms with Gasteiger partial charge in [-0.3, -0.25) is 0 Å². The molecule has 1 amide bonds. The van der Waals surface area contributed by atoms with Crippen molar-refractivity contribution in [2.75, 3.05) is 6.54 Å². The van der Waals surface area contributed by atoms with Crippen LogP contribution in [0, 0.1) is 0 Å². The fourth-order valence-corrected chi connectivity index (χ4v) is 2.19. The zero-order valence-electron chi connectivity index (χ0n) is 13.5. The van der Waals surface area contributed by atoms with E-state index >= 15 is 0 Å². The number of hydrogen-bond acceptors (Lipinski definition) is 3. The molecule has 0 aliphatic rings. The van der Waals surface area contributed by atoms with Gasteiger partial charge in [-0.15, -0.1) is 0 Å². The van der Waals surface area contributed by atoms with Crippen molar-refractivity contribution >= 4 is 29.3 Å². The first kappa shape index (κ1) is 19.1. The zero-order valence-corrected chi connectivity index (χ0v) is 15.0. The van der Waals surface area contributed by atoms with Crippen LogP contribution < -0.4 is 10.6 Å². The number of halogens is 2. The van der Waals surface area contributed by atoms with Gasteiger partial charge < -0.3 is 15.4 Å². The van der Waals surface area contributed by atoms with Gasteiger partial charge in [0.2, 0.25) is 0 Å². The molecule has 1 aromatic carbocycles. The molecular weight excluding hydrogens is 323 g/mol. The van der Waals surface area contributed by atoms with Crippen molar-refractivity contribution in [2.45, 2.75) is 52.3 Å². The van der Waals surface area contributed by atoms with E-state index in [-0.39, 0.29) is 6.04 Å². The third-order valence-corrected chi connectivity index (χ3v) is 3.58. The lowest BCUT2D eigenvalue weighted by Crippen LogP contribution is -2.42. The van der Waals surface area contributed by atoms with Gasteiger partial charge in [-0.25, -0.2) is 4.79 Å². The van der Waals surface area contributed by atoms with Crippen molar-refractivity contribution in [3.05, 3.63) is 33.8 Å². The molecule has 0 bridgehead atoms. The Morgan fingerprint density at radius 1 is 1.32 bits per heavy atom. The van der Waals surface area contributed by atoms with Crippen molar-refractivity contribution in [1.82, 2.24) is 10.6 Å². The molecule has 124 valence electrons. The number of hydrogen-bond donors (Lipinski definition) is 2. The van der Waals surface area contributed by atoms with Crippen LogP contribution in [0.3, 0.4) is 0 Å². The monoisotopic (exact) mass is 346 g/mol. The number of alkyl carbamates (subject to hydrolysis) is 1. The van der Waals surface area contributed by atoms with Crippen LogP contribution in [0.1, 0.15) is 39.7 Å². The predicted molar refractivity (Wildman–Crippen MR) is 91.6 cm³/mol. The van der Waals surface area contributed by atoms with Gasteiger partial charge in [0.15, 0.2) is 0 Å². The molecule has 6 heteroatoms. The first-order chi connectivity index (χ1) is 10.2. The number of carbonyl (C=O) groups excluding carboxylic acids is 1. The Hall–Kier alpha value is -0.970. The van der Waals surface area contributed by atoms with Gasteiger partial charge in [-0.1, -0.05) is 30.1 Å². The molecule has 0 heterocycles. The normalized spacial score (nSPS) is 12.8. The molecule has 22 heavy (non-hydrogen) atoms. The molecule has 2 N–H and O–H groups in total. The van der Waals surface area contributed by atoms with Gasteiger partial charge in [-0.2, -0.15) is 0 Å². The summed E-state index contributed by atoms with van der Waals surface area (Å²) in [4.78, 5) is 11.7. The summed E-state index contributed by atoms with van der Waals surface area (Å²) in [6, 6.07) is 5.50. The highest BCUT2D eigenvalue weighted by Gasteiger charge is 2.17. The summed E-state index contributed by atoms with van der Waals surface area (Å²) in [6.45, 7) is 8.64. The topological polar surface area (TPSA) is 50.4 Å². The van der Waals surface area contributed by atoms with Crippen LogP contribution in [0.4, 0.5) is 4.79 Å². The Bertz CT molecular complexity index is 501. The summed E-state index contributed by atoms with van der Waals surface area (Å²) in [7, 11) is 0. The smallest absolute Gasteiger partial charge is 0.407 e. The van der Waals surface area contributed by atoms with E-state index in [4.69, 9.17) is 27.9 Å². The minimum Gasteiger partial charge on any atom is -0.444 e. The van der Waals surface area contributed by atoms with Gasteiger partial charge in [0.05, 0.1) is 0 Å². The van der Waals surface area contributed by atoms with E-state index in [1.807, 2.05) is 33.8 Å². The molecule has 1 aromatic rings. The Kier molecular flexibility index (Phi) is 7.46. The van der Waals surface area contributed by atoms with E-state index in [1.54, 1.807) is 12.1 Å². The molecule has 0 radical (unpaired) electrons. The third kappa shape index (κ3) is 7.34. The summed E-state index contributed by atoms with van der Waals surface area (Å²) in [5.74, 6) is 0. The SMILES string of the molecule is CCC(CNC(=O)OC(C)(C)C)NCc1cc(Cl)ccc1Cl. The number of carbonyl (C=O) groups is 1. The van der Waals surface area contributed by atoms with Crippen LogP contribution in [0.2, 0.25) is 10.0 Å². The van der Waals surface area contributed by atoms with Crippen LogP contribution in [0.25, 0.3) is 0 Å². The average Bonchev–Trinajstić information content (AvgIpc) is 2.40. The minimum absolute atomic E-state index is 0.127. The molecule has 0 fully saturated rings. The third-order valence-electron chi connectivity index (χ3n) is 2.97. The predicted octanol–water partition coefficient (Wildman–Crippen LogP) is 4.39. The second kappa shape index (κ2) is 8.61. The first-order valence-electron chi connectivity index (χ1n) is 7.35. The molecule has 0 aliphatic heterocycles. The Balaban J connectivity index is 2.45. The molecule has 0 aliphatic carbocycles. The van der Waals surface area contributed by atoms with Crippen molar-refractivity contribution < 1.29 is 9.53 Å². The van der Waals surface area contributed by atoms with Gasteiger partial charge in [0.25, 0.3) is 0 Å². The highest BCUT2D eigenvalue weighted by Crippen LogP contribution is 2.20. The fourth-order valence-electron chi connectivity index (χ4n) is 1.81. The van der Waals surface area contributed by atoms with Crippen molar-refractivity contribution in [3.63, 3.8) is 0 Å². The molecule has 1 unspecified atom stereocenters. The summed E-state index contributed by atoms with van der Waals surface area (Å²) >= 11 is 12.1. The van der Waals surface area contributed by atoms with Crippen molar-refractivity contribution in [1.29, 1.82) is 0 Å². The van der Waals surface area contributed by atoms with Gasteiger partial charge >= 0.3 is 6.09 Å². The van der Waals surface area contributed by atoms with Gasteiger partial charge in [-0.05, 0) is 51.0 Å². The van der Waals surface area contributed by atoms with E-state index in [9.17, 15) is 4.79 Å². The lowest BCUT2D eigenvalue weighted by Gasteiger charge is -2.22. The van der Waals surface area contributed by atoms with E-state index in [1.165, 1.54) is 0 Å². The average molecular weight is 347 g/mol. The van der Waals surface area contributed by atoms with E-state index in [0.29, 0.717) is 23.1 Å². The number of rotatable bonds is 6. The lowest BCUT2D eigenvalue weighted by molar-refractivity contribution is 0.0522. The maximum Gasteiger partial charge on any atom is 0.407 e. The Morgan fingerprint density at radius 2 is 2.00 bits per heavy atom. The van der Waals surface area contributed by atoms with Gasteiger partial charge in [0, 0.05) is 29.2 Å². The number of amides is 1. The molecule has 1 rings (SSSR count). The van der Waals surface area contributed by atoms with E-state index < -0.39 is 11.7 Å². The summed E-state index contributed by atoms with van der Waals surface area (Å²) in [5.41, 5.74) is 0.443. The molecule has 4 nitrogen and oxygen atoms in total. The lowest BCUT2D eigenvalue weighted by atomic mass is 10.2. The van der Waals surface area contributed by atoms with Gasteiger partial charge in [0.1, 0.15) is 5.60 Å². The highest BCUT2D eigenvalue weighted by atomic mass is 35.5. The summed E-state index contributed by atoms with van der Waals surface area (Å²) in [6.07, 6.45) is 0.460. The zero-order chi connectivity index (χ0) is 16.8. The van der Waals surface area contributed by atoms with Crippen LogP contribution in [0.15, 0.2) is 18.2 Å². The molecular formula is C16H24Cl2N2O2. The maximum absolute atomic E-state index is 11.7. The highest BCUT2D eigenvalue weighted by molar-refractivity contribution is 6.33. The fraction of sp³-hybridized carbons (Fsp3) is 0.562. The molecule has 0 spiro atoms. The molecule has 0 aromatic heterocycles. The maximum atomic E-state index is 11.7. The van der Waals surface area contributed by atoms with E-state index in [0.717, 1.165) is 12.0 Å². The molecule has 1 atom stereocenters. The second-order valence-electron chi connectivity index (χ2n) is 6.10. The first-order valence-corrected chi connectivity index (χ1v) is 8.11. The van der Waals surface area contributed by atoms with Crippen LogP contribution in [-0.2, 0) is 11.3 Å². The van der Waals surface area contributed by atoms with Crippen molar-refractivity contribution in [3.8, 4) is 0 Å². The minimum atomic E-state index is -0.493.